The van der Waals surface area contributed by atoms with E-state index in [4.69, 9.17) is 9.47 Å². The predicted octanol–water partition coefficient (Wildman–Crippen LogP) is 7.67. The Morgan fingerprint density at radius 2 is 1.15 bits per heavy atom. The summed E-state index contributed by atoms with van der Waals surface area (Å²) in [5.74, 6) is -0.467. The van der Waals surface area contributed by atoms with E-state index in [0.29, 0.717) is 12.6 Å². The Bertz CT molecular complexity index is 1300. The number of anilines is 1. The van der Waals surface area contributed by atoms with Gasteiger partial charge in [0.15, 0.2) is 0 Å². The lowest BCUT2D eigenvalue weighted by atomic mass is 9.96. The molecule has 0 aromatic heterocycles. The number of hydrogen-bond acceptors (Lipinski definition) is 9. The molecule has 0 spiro atoms. The maximum absolute atomic E-state index is 12.1. The molecule has 2 fully saturated rings. The minimum atomic E-state index is -0.570. The largest absolute Gasteiger partial charge is 0.444 e. The van der Waals surface area contributed by atoms with Gasteiger partial charge >= 0.3 is 12.2 Å². The minimum Gasteiger partial charge on any atom is -0.444 e. The van der Waals surface area contributed by atoms with Crippen molar-refractivity contribution in [2.45, 2.75) is 110 Å². The van der Waals surface area contributed by atoms with E-state index in [9.17, 15) is 34.2 Å². The van der Waals surface area contributed by atoms with Gasteiger partial charge in [-0.2, -0.15) is 0 Å². The maximum Gasteiger partial charge on any atom is 0.407 e. The second-order valence-corrected chi connectivity index (χ2v) is 13.4. The number of amides is 2. The van der Waals surface area contributed by atoms with Gasteiger partial charge in [-0.1, -0.05) is 19.3 Å². The van der Waals surface area contributed by atoms with E-state index in [2.05, 4.69) is 15.5 Å². The number of rotatable bonds is 5. The van der Waals surface area contributed by atoms with E-state index in [1.165, 1.54) is 31.4 Å². The molecule has 1 atom stereocenters. The molecule has 2 amide bonds. The number of piperidine rings is 1. The molecule has 0 bridgehead atoms. The first-order valence-electron chi connectivity index (χ1n) is 15.8. The van der Waals surface area contributed by atoms with Crippen molar-refractivity contribution in [1.29, 1.82) is 0 Å². The highest BCUT2D eigenvalue weighted by Crippen LogP contribution is 2.23. The van der Waals surface area contributed by atoms with Crippen LogP contribution in [0.5, 0.6) is 0 Å². The highest BCUT2D eigenvalue weighted by molar-refractivity contribution is 5.68. The number of carbonyl (C=O) groups excluding carboxylic acids is 2. The lowest BCUT2D eigenvalue weighted by Gasteiger charge is -2.35. The zero-order valence-corrected chi connectivity index (χ0v) is 28.1. The summed E-state index contributed by atoms with van der Waals surface area (Å²) in [6.07, 6.45) is 7.09. The van der Waals surface area contributed by atoms with Gasteiger partial charge in [-0.25, -0.2) is 14.0 Å². The molecule has 1 heterocycles. The molecule has 1 aliphatic heterocycles. The molecule has 47 heavy (non-hydrogen) atoms. The van der Waals surface area contributed by atoms with Crippen LogP contribution in [0, 0.1) is 26.0 Å². The monoisotopic (exact) mass is 661 g/mol. The molecule has 2 aromatic carbocycles. The van der Waals surface area contributed by atoms with E-state index in [-0.39, 0.29) is 23.5 Å². The van der Waals surface area contributed by atoms with Crippen molar-refractivity contribution < 1.29 is 33.3 Å². The Morgan fingerprint density at radius 1 is 0.723 bits per heavy atom. The third-order valence-corrected chi connectivity index (χ3v) is 6.93. The molecule has 1 saturated heterocycles. The summed E-state index contributed by atoms with van der Waals surface area (Å²) in [5, 5.41) is 26.5. The number of non-ortho nitro benzene ring substituents is 2. The summed E-state index contributed by atoms with van der Waals surface area (Å²) in [6.45, 7) is 12.7. The second-order valence-electron chi connectivity index (χ2n) is 13.4. The van der Waals surface area contributed by atoms with Crippen molar-refractivity contribution in [2.24, 2.45) is 0 Å². The molecule has 260 valence electrons. The summed E-state index contributed by atoms with van der Waals surface area (Å²) >= 11 is 0. The summed E-state index contributed by atoms with van der Waals surface area (Å²) in [5.41, 5.74) is -0.00267. The van der Waals surface area contributed by atoms with Crippen molar-refractivity contribution in [3.05, 3.63) is 74.6 Å². The first-order chi connectivity index (χ1) is 21.9. The number of halogens is 1. The molecule has 1 saturated carbocycles. The number of nitrogens with one attached hydrogen (secondary N) is 2. The number of ether oxygens (including phenoxy) is 2. The highest BCUT2D eigenvalue weighted by Gasteiger charge is 2.25. The SMILES string of the molecule is CC(C)(C)OC(=O)NC1CCCCC1.CC(C)(C)OC(=O)NC1CCCN(c2ccc([N+](=O)[O-])cc2)C1.O=[N+]([O-])c1ccc(F)cc1. The van der Waals surface area contributed by atoms with Gasteiger partial charge in [0.1, 0.15) is 17.0 Å². The van der Waals surface area contributed by atoms with Crippen LogP contribution in [0.15, 0.2) is 48.5 Å². The molecule has 4 rings (SSSR count). The molecule has 1 unspecified atom stereocenters. The van der Waals surface area contributed by atoms with Crippen molar-refractivity contribution in [3.63, 3.8) is 0 Å². The third-order valence-electron chi connectivity index (χ3n) is 6.93. The summed E-state index contributed by atoms with van der Waals surface area (Å²) in [4.78, 5) is 45.1. The van der Waals surface area contributed by atoms with E-state index in [1.54, 1.807) is 12.1 Å². The van der Waals surface area contributed by atoms with E-state index >= 15 is 0 Å². The number of nitro groups is 2. The minimum absolute atomic E-state index is 0.00814. The van der Waals surface area contributed by atoms with E-state index in [1.807, 2.05) is 41.5 Å². The lowest BCUT2D eigenvalue weighted by Crippen LogP contribution is -2.49. The van der Waals surface area contributed by atoms with Crippen LogP contribution in [-0.4, -0.2) is 58.4 Å². The van der Waals surface area contributed by atoms with Gasteiger partial charge in [0.05, 0.1) is 9.85 Å². The van der Waals surface area contributed by atoms with E-state index < -0.39 is 33.0 Å². The van der Waals surface area contributed by atoms with Gasteiger partial charge in [0.2, 0.25) is 0 Å². The van der Waals surface area contributed by atoms with Crippen LogP contribution in [0.25, 0.3) is 0 Å². The second kappa shape index (κ2) is 18.0. The van der Waals surface area contributed by atoms with Crippen LogP contribution in [0.3, 0.4) is 0 Å². The first-order valence-corrected chi connectivity index (χ1v) is 15.8. The standard InChI is InChI=1S/C16H23N3O4.C11H21NO2.C6H4FNO2/c1-16(2,3)23-15(20)17-12-5-4-10-18(11-12)13-6-8-14(9-7-13)19(21)22;1-11(2,3)14-10(13)12-9-7-5-4-6-8-9;7-5-1-3-6(4-2-5)8(9)10/h6-9,12H,4-5,10-11H2,1-3H3,(H,17,20);9H,4-8H2,1-3H3,(H,12,13);1-4H. The number of alkyl carbamates (subject to hydrolysis) is 2. The fraction of sp³-hybridized carbons (Fsp3) is 0.576. The zero-order chi connectivity index (χ0) is 35.2. The maximum atomic E-state index is 12.1. The van der Waals surface area contributed by atoms with Crippen LogP contribution in [-0.2, 0) is 9.47 Å². The fourth-order valence-electron chi connectivity index (χ4n) is 4.87. The first kappa shape index (κ1) is 38.7. The molecule has 1 aliphatic carbocycles. The Hall–Kier alpha value is -4.49. The molecule has 0 radical (unpaired) electrons. The van der Waals surface area contributed by atoms with Crippen LogP contribution in [0.2, 0.25) is 0 Å². The Balaban J connectivity index is 0.000000271. The Labute approximate surface area is 275 Å². The van der Waals surface area contributed by atoms with Crippen molar-refractivity contribution in [3.8, 4) is 0 Å². The molecule has 14 heteroatoms. The van der Waals surface area contributed by atoms with Gasteiger partial charge in [0, 0.05) is 55.1 Å². The highest BCUT2D eigenvalue weighted by atomic mass is 19.1. The average Bonchev–Trinajstić information content (AvgIpc) is 2.97. The zero-order valence-electron chi connectivity index (χ0n) is 28.1. The number of nitrogens with zero attached hydrogens (tertiary/aromatic N) is 3. The predicted molar refractivity (Wildman–Crippen MR) is 177 cm³/mol. The van der Waals surface area contributed by atoms with Crippen LogP contribution >= 0.6 is 0 Å². The lowest BCUT2D eigenvalue weighted by molar-refractivity contribution is -0.385. The van der Waals surface area contributed by atoms with Gasteiger partial charge in [-0.3, -0.25) is 20.2 Å². The number of carbonyl (C=O) groups is 2. The molecule has 13 nitrogen and oxygen atoms in total. The molecular formula is C33H48FN5O8. The van der Waals surface area contributed by atoms with Crippen LogP contribution in [0.4, 0.5) is 31.0 Å². The van der Waals surface area contributed by atoms with Crippen LogP contribution in [0.1, 0.15) is 86.5 Å². The van der Waals surface area contributed by atoms with Crippen molar-refractivity contribution >= 4 is 29.2 Å². The molecular weight excluding hydrogens is 613 g/mol. The molecule has 2 aliphatic rings. The molecule has 2 aromatic rings. The summed E-state index contributed by atoms with van der Waals surface area (Å²) < 4.78 is 22.6. The third kappa shape index (κ3) is 16.1. The normalized spacial score (nSPS) is 16.7. The van der Waals surface area contributed by atoms with Gasteiger partial charge in [-0.15, -0.1) is 0 Å². The summed E-state index contributed by atoms with van der Waals surface area (Å²) in [6, 6.07) is 11.2. The van der Waals surface area contributed by atoms with E-state index in [0.717, 1.165) is 62.2 Å². The summed E-state index contributed by atoms with van der Waals surface area (Å²) in [7, 11) is 0. The fourth-order valence-corrected chi connectivity index (χ4v) is 4.87. The number of benzene rings is 2. The van der Waals surface area contributed by atoms with Crippen molar-refractivity contribution in [1.82, 2.24) is 10.6 Å². The van der Waals surface area contributed by atoms with Gasteiger partial charge < -0.3 is 25.0 Å². The number of hydrogen-bond donors (Lipinski definition) is 2. The average molecular weight is 662 g/mol. The topological polar surface area (TPSA) is 166 Å². The Kier molecular flexibility index (Phi) is 14.8. The van der Waals surface area contributed by atoms with Gasteiger partial charge in [-0.05, 0) is 91.5 Å². The smallest absolute Gasteiger partial charge is 0.407 e. The van der Waals surface area contributed by atoms with Crippen molar-refractivity contribution in [2.75, 3.05) is 18.0 Å². The number of nitro benzene ring substituents is 2. The van der Waals surface area contributed by atoms with Crippen LogP contribution < -0.4 is 15.5 Å². The van der Waals surface area contributed by atoms with Gasteiger partial charge in [0.25, 0.3) is 11.4 Å². The quantitative estimate of drug-likeness (QED) is 0.241. The molecule has 2 N–H and O–H groups in total. The Morgan fingerprint density at radius 3 is 1.60 bits per heavy atom.